The lowest BCUT2D eigenvalue weighted by molar-refractivity contribution is 0.0600. The fourth-order valence-corrected chi connectivity index (χ4v) is 3.76. The quantitative estimate of drug-likeness (QED) is 0.347. The molecule has 1 aromatic heterocycles. The third-order valence-electron chi connectivity index (χ3n) is 4.30. The summed E-state index contributed by atoms with van der Waals surface area (Å²) in [4.78, 5) is 29.1. The van der Waals surface area contributed by atoms with Gasteiger partial charge in [-0.05, 0) is 36.2 Å². The smallest absolute Gasteiger partial charge is 0.337 e. The van der Waals surface area contributed by atoms with Crippen LogP contribution in [-0.2, 0) is 17.0 Å². The molecule has 0 atom stereocenters. The second-order valence-electron chi connectivity index (χ2n) is 6.20. The second-order valence-corrected chi connectivity index (χ2v) is 7.14. The maximum Gasteiger partial charge on any atom is 0.337 e. The molecule has 0 aliphatic carbocycles. The van der Waals surface area contributed by atoms with E-state index in [0.29, 0.717) is 23.2 Å². The first kappa shape index (κ1) is 19.2. The molecule has 0 N–H and O–H groups in total. The number of hydrogen-bond donors (Lipinski definition) is 0. The SMILES string of the molecule is CCCCn1c(SCc2ccc(C(=O)OC)cc2)nc2ccccc2c1=O. The van der Waals surface area contributed by atoms with Crippen molar-refractivity contribution in [2.24, 2.45) is 0 Å². The van der Waals surface area contributed by atoms with E-state index >= 15 is 0 Å². The number of carbonyl (C=O) groups is 1. The lowest BCUT2D eigenvalue weighted by Gasteiger charge is -2.13. The van der Waals surface area contributed by atoms with Gasteiger partial charge in [0.2, 0.25) is 0 Å². The fraction of sp³-hybridized carbons (Fsp3) is 0.286. The van der Waals surface area contributed by atoms with Crippen molar-refractivity contribution in [1.82, 2.24) is 9.55 Å². The van der Waals surface area contributed by atoms with Crippen molar-refractivity contribution in [3.8, 4) is 0 Å². The Kier molecular flexibility index (Phi) is 6.29. The molecule has 0 aliphatic heterocycles. The minimum absolute atomic E-state index is 0.0117. The Balaban J connectivity index is 1.87. The molecule has 0 radical (unpaired) electrons. The number of esters is 1. The van der Waals surface area contributed by atoms with E-state index in [9.17, 15) is 9.59 Å². The largest absolute Gasteiger partial charge is 0.465 e. The summed E-state index contributed by atoms with van der Waals surface area (Å²) in [5, 5.41) is 1.38. The molecule has 1 heterocycles. The van der Waals surface area contributed by atoms with E-state index in [0.717, 1.165) is 29.1 Å². The number of aromatic nitrogens is 2. The number of thioether (sulfide) groups is 1. The number of fused-ring (bicyclic) bond motifs is 1. The predicted molar refractivity (Wildman–Crippen MR) is 108 cm³/mol. The van der Waals surface area contributed by atoms with Crippen molar-refractivity contribution in [2.45, 2.75) is 37.2 Å². The second kappa shape index (κ2) is 8.86. The average molecular weight is 382 g/mol. The van der Waals surface area contributed by atoms with Gasteiger partial charge in [-0.15, -0.1) is 0 Å². The Morgan fingerprint density at radius 2 is 1.89 bits per heavy atom. The third-order valence-corrected chi connectivity index (χ3v) is 5.35. The molecule has 0 spiro atoms. The highest BCUT2D eigenvalue weighted by atomic mass is 32.2. The van der Waals surface area contributed by atoms with Crippen LogP contribution in [0.15, 0.2) is 58.5 Å². The van der Waals surface area contributed by atoms with Crippen molar-refractivity contribution < 1.29 is 9.53 Å². The molecule has 0 saturated carbocycles. The summed E-state index contributed by atoms with van der Waals surface area (Å²) in [6.07, 6.45) is 1.94. The van der Waals surface area contributed by atoms with Gasteiger partial charge >= 0.3 is 5.97 Å². The summed E-state index contributed by atoms with van der Waals surface area (Å²) in [7, 11) is 1.37. The topological polar surface area (TPSA) is 61.2 Å². The van der Waals surface area contributed by atoms with Gasteiger partial charge in [0.15, 0.2) is 5.16 Å². The molecule has 0 amide bonds. The van der Waals surface area contributed by atoms with E-state index in [1.54, 1.807) is 16.7 Å². The average Bonchev–Trinajstić information content (AvgIpc) is 2.71. The van der Waals surface area contributed by atoms with Crippen LogP contribution in [0.5, 0.6) is 0 Å². The summed E-state index contributed by atoms with van der Waals surface area (Å²) in [6.45, 7) is 2.77. The first-order valence-corrected chi connectivity index (χ1v) is 9.92. The lowest BCUT2D eigenvalue weighted by Crippen LogP contribution is -2.23. The van der Waals surface area contributed by atoms with Gasteiger partial charge in [-0.2, -0.15) is 0 Å². The zero-order chi connectivity index (χ0) is 19.2. The molecule has 3 rings (SSSR count). The number of methoxy groups -OCH3 is 1. The van der Waals surface area contributed by atoms with Gasteiger partial charge in [-0.25, -0.2) is 9.78 Å². The summed E-state index contributed by atoms with van der Waals surface area (Å²) in [5.41, 5.74) is 2.31. The van der Waals surface area contributed by atoms with Crippen LogP contribution in [0.1, 0.15) is 35.7 Å². The standard InChI is InChI=1S/C21H22N2O3S/c1-3-4-13-23-19(24)17-7-5-6-8-18(17)22-21(23)27-14-15-9-11-16(12-10-15)20(25)26-2/h5-12H,3-4,13-14H2,1-2H3. The Morgan fingerprint density at radius 3 is 2.59 bits per heavy atom. The van der Waals surface area contributed by atoms with Gasteiger partial charge in [0.25, 0.3) is 5.56 Å². The highest BCUT2D eigenvalue weighted by Gasteiger charge is 2.12. The predicted octanol–water partition coefficient (Wildman–Crippen LogP) is 4.28. The molecule has 0 saturated heterocycles. The molecule has 140 valence electrons. The van der Waals surface area contributed by atoms with Gasteiger partial charge in [0.1, 0.15) is 0 Å². The zero-order valence-electron chi connectivity index (χ0n) is 15.5. The minimum Gasteiger partial charge on any atom is -0.465 e. The van der Waals surface area contributed by atoms with Crippen LogP contribution in [0.4, 0.5) is 0 Å². The number of hydrogen-bond acceptors (Lipinski definition) is 5. The Morgan fingerprint density at radius 1 is 1.15 bits per heavy atom. The van der Waals surface area contributed by atoms with Crippen molar-refractivity contribution in [3.05, 3.63) is 70.0 Å². The van der Waals surface area contributed by atoms with E-state index < -0.39 is 0 Å². The summed E-state index contributed by atoms with van der Waals surface area (Å²) >= 11 is 1.54. The first-order valence-electron chi connectivity index (χ1n) is 8.93. The van der Waals surface area contributed by atoms with Gasteiger partial charge in [-0.3, -0.25) is 9.36 Å². The molecule has 0 unspecified atom stereocenters. The fourth-order valence-electron chi connectivity index (χ4n) is 2.77. The first-order chi connectivity index (χ1) is 13.1. The Bertz CT molecular complexity index is 996. The number of benzene rings is 2. The molecule has 0 aliphatic rings. The van der Waals surface area contributed by atoms with E-state index in [1.807, 2.05) is 36.4 Å². The minimum atomic E-state index is -0.348. The van der Waals surface area contributed by atoms with Crippen LogP contribution in [0, 0.1) is 0 Å². The molecule has 3 aromatic rings. The molecular weight excluding hydrogens is 360 g/mol. The molecule has 6 heteroatoms. The van der Waals surface area contributed by atoms with Crippen molar-refractivity contribution in [3.63, 3.8) is 0 Å². The molecular formula is C21H22N2O3S. The van der Waals surface area contributed by atoms with E-state index in [-0.39, 0.29) is 11.5 Å². The van der Waals surface area contributed by atoms with E-state index in [4.69, 9.17) is 9.72 Å². The number of rotatable bonds is 7. The molecule has 0 bridgehead atoms. The third kappa shape index (κ3) is 4.39. The van der Waals surface area contributed by atoms with Crippen molar-refractivity contribution >= 4 is 28.6 Å². The summed E-state index contributed by atoms with van der Waals surface area (Å²) in [5.74, 6) is 0.317. The van der Waals surface area contributed by atoms with Crippen LogP contribution < -0.4 is 5.56 Å². The van der Waals surface area contributed by atoms with Crippen LogP contribution >= 0.6 is 11.8 Å². The van der Waals surface area contributed by atoms with Gasteiger partial charge < -0.3 is 4.74 Å². The molecule has 2 aromatic carbocycles. The molecule has 5 nitrogen and oxygen atoms in total. The highest BCUT2D eigenvalue weighted by molar-refractivity contribution is 7.98. The lowest BCUT2D eigenvalue weighted by atomic mass is 10.1. The van der Waals surface area contributed by atoms with Gasteiger partial charge in [0, 0.05) is 12.3 Å². The number of para-hydroxylation sites is 1. The Hall–Kier alpha value is -2.60. The van der Waals surface area contributed by atoms with Gasteiger partial charge in [0.05, 0.1) is 23.6 Å². The zero-order valence-corrected chi connectivity index (χ0v) is 16.3. The molecule has 0 fully saturated rings. The van der Waals surface area contributed by atoms with Crippen molar-refractivity contribution in [2.75, 3.05) is 7.11 Å². The number of unbranched alkanes of at least 4 members (excludes halogenated alkanes) is 1. The van der Waals surface area contributed by atoms with Crippen molar-refractivity contribution in [1.29, 1.82) is 0 Å². The highest BCUT2D eigenvalue weighted by Crippen LogP contribution is 2.23. The maximum atomic E-state index is 12.9. The van der Waals surface area contributed by atoms with E-state index in [1.165, 1.54) is 18.9 Å². The monoisotopic (exact) mass is 382 g/mol. The number of carbonyl (C=O) groups excluding carboxylic acids is 1. The van der Waals surface area contributed by atoms with Crippen LogP contribution in [0.25, 0.3) is 10.9 Å². The summed E-state index contributed by atoms with van der Waals surface area (Å²) in [6, 6.07) is 14.8. The Labute approximate surface area is 162 Å². The molecule has 27 heavy (non-hydrogen) atoms. The normalized spacial score (nSPS) is 10.9. The van der Waals surface area contributed by atoms with Crippen LogP contribution in [0.2, 0.25) is 0 Å². The van der Waals surface area contributed by atoms with Crippen LogP contribution in [0.3, 0.4) is 0 Å². The van der Waals surface area contributed by atoms with E-state index in [2.05, 4.69) is 6.92 Å². The van der Waals surface area contributed by atoms with Crippen LogP contribution in [-0.4, -0.2) is 22.6 Å². The van der Waals surface area contributed by atoms with Gasteiger partial charge in [-0.1, -0.05) is 49.4 Å². The maximum absolute atomic E-state index is 12.9. The number of nitrogens with zero attached hydrogens (tertiary/aromatic N) is 2. The summed E-state index contributed by atoms with van der Waals surface area (Å²) < 4.78 is 6.50. The number of ether oxygens (including phenoxy) is 1.